The van der Waals surface area contributed by atoms with Crippen LogP contribution in [0.4, 0.5) is 5.13 Å². The van der Waals surface area contributed by atoms with E-state index < -0.39 is 0 Å². The summed E-state index contributed by atoms with van der Waals surface area (Å²) in [5.74, 6) is 0.515. The van der Waals surface area contributed by atoms with Gasteiger partial charge in [-0.2, -0.15) is 0 Å². The lowest BCUT2D eigenvalue weighted by Gasteiger charge is -2.21. The molecule has 2 aromatic rings. The van der Waals surface area contributed by atoms with Crippen molar-refractivity contribution >= 4 is 57.3 Å². The second-order valence-electron chi connectivity index (χ2n) is 3.92. The number of nitrogens with zero attached hydrogens (tertiary/aromatic N) is 2. The third kappa shape index (κ3) is 2.48. The number of carbonyl (C=O) groups excluding carboxylic acids is 1. The second kappa shape index (κ2) is 5.32. The Balaban J connectivity index is 1.99. The van der Waals surface area contributed by atoms with Crippen molar-refractivity contribution in [2.24, 2.45) is 0 Å². The molecule has 1 amide bonds. The summed E-state index contributed by atoms with van der Waals surface area (Å²) in [5, 5.41) is 3.50. The highest BCUT2D eigenvalue weighted by molar-refractivity contribution is 8.00. The molecule has 0 unspecified atom stereocenters. The maximum absolute atomic E-state index is 12.0. The lowest BCUT2D eigenvalue weighted by molar-refractivity contribution is -0.115. The number of benzene rings is 1. The molecule has 0 radical (unpaired) electrons. The Morgan fingerprint density at radius 3 is 2.84 bits per heavy atom. The number of halogens is 2. The highest BCUT2D eigenvalue weighted by Crippen LogP contribution is 2.43. The molecule has 3 rings (SSSR count). The standard InChI is InChI=1S/C12H8Cl2N2OS2/c13-8-2-1-7(5-9(8)14)11-16(10(17)6-19-11)12-15-3-4-18-12/h1-5,11H,6H2/t11-/m1/s1. The van der Waals surface area contributed by atoms with E-state index in [1.807, 2.05) is 11.4 Å². The summed E-state index contributed by atoms with van der Waals surface area (Å²) in [6.45, 7) is 0. The normalized spacial score (nSPS) is 19.2. The van der Waals surface area contributed by atoms with Gasteiger partial charge in [-0.1, -0.05) is 29.3 Å². The van der Waals surface area contributed by atoms with E-state index >= 15 is 0 Å². The molecule has 98 valence electrons. The minimum Gasteiger partial charge on any atom is -0.273 e. The van der Waals surface area contributed by atoms with E-state index in [1.54, 1.807) is 35.0 Å². The zero-order valence-corrected chi connectivity index (χ0v) is 12.7. The van der Waals surface area contributed by atoms with Gasteiger partial charge in [-0.05, 0) is 17.7 Å². The van der Waals surface area contributed by atoms with Crippen molar-refractivity contribution in [2.45, 2.75) is 5.37 Å². The topological polar surface area (TPSA) is 33.2 Å². The van der Waals surface area contributed by atoms with E-state index in [2.05, 4.69) is 4.98 Å². The van der Waals surface area contributed by atoms with Crippen molar-refractivity contribution in [3.05, 3.63) is 45.4 Å². The van der Waals surface area contributed by atoms with Gasteiger partial charge in [0.2, 0.25) is 5.91 Å². The Kier molecular flexibility index (Phi) is 3.71. The Morgan fingerprint density at radius 1 is 1.32 bits per heavy atom. The van der Waals surface area contributed by atoms with Crippen molar-refractivity contribution in [1.29, 1.82) is 0 Å². The molecule has 7 heteroatoms. The van der Waals surface area contributed by atoms with E-state index in [0.717, 1.165) is 5.56 Å². The molecule has 1 aromatic carbocycles. The zero-order chi connectivity index (χ0) is 13.4. The first-order chi connectivity index (χ1) is 9.16. The number of hydrogen-bond donors (Lipinski definition) is 0. The van der Waals surface area contributed by atoms with E-state index in [-0.39, 0.29) is 11.3 Å². The van der Waals surface area contributed by atoms with Crippen LogP contribution in [0.2, 0.25) is 10.0 Å². The molecule has 0 bridgehead atoms. The average molecular weight is 331 g/mol. The summed E-state index contributed by atoms with van der Waals surface area (Å²) in [6, 6.07) is 5.45. The van der Waals surface area contributed by atoms with Crippen LogP contribution in [-0.4, -0.2) is 16.6 Å². The van der Waals surface area contributed by atoms with Gasteiger partial charge in [0.05, 0.1) is 15.8 Å². The first kappa shape index (κ1) is 13.2. The van der Waals surface area contributed by atoms with Crippen LogP contribution < -0.4 is 4.90 Å². The van der Waals surface area contributed by atoms with E-state index in [9.17, 15) is 4.79 Å². The van der Waals surface area contributed by atoms with Crippen molar-refractivity contribution < 1.29 is 4.79 Å². The molecule has 0 saturated carbocycles. The second-order valence-corrected chi connectivity index (χ2v) is 6.67. The fourth-order valence-corrected chi connectivity index (χ4v) is 4.08. The molecular formula is C12H8Cl2N2OS2. The summed E-state index contributed by atoms with van der Waals surface area (Å²) in [6.07, 6.45) is 1.70. The van der Waals surface area contributed by atoms with Gasteiger partial charge in [-0.15, -0.1) is 23.1 Å². The maximum Gasteiger partial charge on any atom is 0.240 e. The summed E-state index contributed by atoms with van der Waals surface area (Å²) in [4.78, 5) is 18.0. The number of amides is 1. The smallest absolute Gasteiger partial charge is 0.240 e. The number of anilines is 1. The lowest BCUT2D eigenvalue weighted by atomic mass is 10.2. The Hall–Kier alpha value is -0.750. The Labute approximate surface area is 128 Å². The van der Waals surface area contributed by atoms with Gasteiger partial charge in [0.15, 0.2) is 5.13 Å². The molecule has 3 nitrogen and oxygen atoms in total. The molecular weight excluding hydrogens is 323 g/mol. The summed E-state index contributed by atoms with van der Waals surface area (Å²) >= 11 is 15.0. The van der Waals surface area contributed by atoms with Gasteiger partial charge in [0, 0.05) is 11.6 Å². The van der Waals surface area contributed by atoms with Crippen molar-refractivity contribution in [1.82, 2.24) is 4.98 Å². The van der Waals surface area contributed by atoms with Gasteiger partial charge in [-0.25, -0.2) is 4.98 Å². The zero-order valence-electron chi connectivity index (χ0n) is 9.55. The fraction of sp³-hybridized carbons (Fsp3) is 0.167. The van der Waals surface area contributed by atoms with E-state index in [0.29, 0.717) is 20.9 Å². The Morgan fingerprint density at radius 2 is 2.16 bits per heavy atom. The lowest BCUT2D eigenvalue weighted by Crippen LogP contribution is -2.27. The first-order valence-electron chi connectivity index (χ1n) is 5.45. The van der Waals surface area contributed by atoms with Crippen LogP contribution in [0.3, 0.4) is 0 Å². The molecule has 1 aromatic heterocycles. The summed E-state index contributed by atoms with van der Waals surface area (Å²) < 4.78 is 0. The molecule has 0 N–H and O–H groups in total. The van der Waals surface area contributed by atoms with Crippen LogP contribution in [-0.2, 0) is 4.79 Å². The molecule has 2 heterocycles. The quantitative estimate of drug-likeness (QED) is 0.826. The van der Waals surface area contributed by atoms with Gasteiger partial charge in [0.1, 0.15) is 5.37 Å². The van der Waals surface area contributed by atoms with Crippen molar-refractivity contribution in [3.8, 4) is 0 Å². The molecule has 1 fully saturated rings. The summed E-state index contributed by atoms with van der Waals surface area (Å²) in [7, 11) is 0. The average Bonchev–Trinajstić information content (AvgIpc) is 3.01. The van der Waals surface area contributed by atoms with Crippen LogP contribution in [0, 0.1) is 0 Å². The van der Waals surface area contributed by atoms with Gasteiger partial charge < -0.3 is 0 Å². The first-order valence-corrected chi connectivity index (χ1v) is 8.13. The SMILES string of the molecule is O=C1CS[C@H](c2ccc(Cl)c(Cl)c2)N1c1nccs1. The minimum absolute atomic E-state index is 0.0658. The van der Waals surface area contributed by atoms with E-state index in [1.165, 1.54) is 11.3 Å². The predicted octanol–water partition coefficient (Wildman–Crippen LogP) is 4.23. The third-order valence-electron chi connectivity index (χ3n) is 2.72. The fourth-order valence-electron chi connectivity index (χ4n) is 1.88. The number of aromatic nitrogens is 1. The number of hydrogen-bond acceptors (Lipinski definition) is 4. The molecule has 1 atom stereocenters. The molecule has 19 heavy (non-hydrogen) atoms. The highest BCUT2D eigenvalue weighted by atomic mass is 35.5. The molecule has 1 aliphatic heterocycles. The van der Waals surface area contributed by atoms with Crippen molar-refractivity contribution in [3.63, 3.8) is 0 Å². The molecule has 1 saturated heterocycles. The molecule has 0 spiro atoms. The minimum atomic E-state index is -0.0894. The van der Waals surface area contributed by atoms with Crippen molar-refractivity contribution in [2.75, 3.05) is 10.7 Å². The maximum atomic E-state index is 12.0. The number of thiazole rings is 1. The number of thioether (sulfide) groups is 1. The largest absolute Gasteiger partial charge is 0.273 e. The third-order valence-corrected chi connectivity index (χ3v) is 5.44. The van der Waals surface area contributed by atoms with Gasteiger partial charge in [-0.3, -0.25) is 9.69 Å². The van der Waals surface area contributed by atoms with Gasteiger partial charge in [0.25, 0.3) is 0 Å². The van der Waals surface area contributed by atoms with Crippen LogP contribution in [0.25, 0.3) is 0 Å². The highest BCUT2D eigenvalue weighted by Gasteiger charge is 2.35. The summed E-state index contributed by atoms with van der Waals surface area (Å²) in [5.41, 5.74) is 0.959. The molecule has 0 aliphatic carbocycles. The van der Waals surface area contributed by atoms with Crippen LogP contribution in [0.5, 0.6) is 0 Å². The van der Waals surface area contributed by atoms with Gasteiger partial charge >= 0.3 is 0 Å². The Bertz CT molecular complexity index is 618. The monoisotopic (exact) mass is 330 g/mol. The van der Waals surface area contributed by atoms with Crippen LogP contribution in [0.1, 0.15) is 10.9 Å². The number of carbonyl (C=O) groups is 1. The predicted molar refractivity (Wildman–Crippen MR) is 81.3 cm³/mol. The number of rotatable bonds is 2. The van der Waals surface area contributed by atoms with Crippen LogP contribution in [0.15, 0.2) is 29.8 Å². The van der Waals surface area contributed by atoms with E-state index in [4.69, 9.17) is 23.2 Å². The van der Waals surface area contributed by atoms with Crippen LogP contribution >= 0.6 is 46.3 Å². The molecule has 1 aliphatic rings.